The molecule has 1 aliphatic carbocycles. The van der Waals surface area contributed by atoms with Crippen LogP contribution in [-0.4, -0.2) is 10.4 Å². The predicted molar refractivity (Wildman–Crippen MR) is 69.2 cm³/mol. The van der Waals surface area contributed by atoms with Gasteiger partial charge in [-0.1, -0.05) is 18.2 Å². The van der Waals surface area contributed by atoms with E-state index in [4.69, 9.17) is 0 Å². The molecule has 1 saturated carbocycles. The van der Waals surface area contributed by atoms with Crippen molar-refractivity contribution in [2.45, 2.75) is 38.6 Å². The van der Waals surface area contributed by atoms with Crippen molar-refractivity contribution in [3.8, 4) is 0 Å². The van der Waals surface area contributed by atoms with Crippen molar-refractivity contribution in [3.63, 3.8) is 0 Å². The minimum Gasteiger partial charge on any atom is -0.347 e. The van der Waals surface area contributed by atoms with Gasteiger partial charge in [0.2, 0.25) is 0 Å². The lowest BCUT2D eigenvalue weighted by Crippen LogP contribution is -1.94. The van der Waals surface area contributed by atoms with Crippen LogP contribution in [0.5, 0.6) is 0 Å². The zero-order valence-electron chi connectivity index (χ0n) is 10.1. The molecule has 2 nitrogen and oxygen atoms in total. The Labute approximate surface area is 101 Å². The fraction of sp³-hybridized carbons (Fsp3) is 0.400. The molecule has 0 bridgehead atoms. The van der Waals surface area contributed by atoms with Crippen molar-refractivity contribution < 1.29 is 4.79 Å². The van der Waals surface area contributed by atoms with Gasteiger partial charge in [-0.3, -0.25) is 4.79 Å². The summed E-state index contributed by atoms with van der Waals surface area (Å²) in [6.07, 6.45) is 4.76. The van der Waals surface area contributed by atoms with E-state index < -0.39 is 0 Å². The fourth-order valence-corrected chi connectivity index (χ4v) is 2.94. The molecule has 1 atom stereocenters. The number of aryl methyl sites for hydroxylation is 1. The molecule has 0 N–H and O–H groups in total. The molecule has 0 radical (unpaired) electrons. The molecule has 1 unspecified atom stereocenters. The Kier molecular flexibility index (Phi) is 2.50. The van der Waals surface area contributed by atoms with Gasteiger partial charge in [0.05, 0.1) is 0 Å². The van der Waals surface area contributed by atoms with Gasteiger partial charge in [0.25, 0.3) is 0 Å². The highest BCUT2D eigenvalue weighted by molar-refractivity contribution is 5.87. The predicted octanol–water partition coefficient (Wildman–Crippen LogP) is 3.50. The van der Waals surface area contributed by atoms with Crippen molar-refractivity contribution in [1.29, 1.82) is 0 Å². The molecule has 3 rings (SSSR count). The average molecular weight is 227 g/mol. The van der Waals surface area contributed by atoms with E-state index in [1.807, 2.05) is 0 Å². The van der Waals surface area contributed by atoms with Gasteiger partial charge in [-0.05, 0) is 30.9 Å². The Morgan fingerprint density at radius 2 is 2.18 bits per heavy atom. The monoisotopic (exact) mass is 227 g/mol. The van der Waals surface area contributed by atoms with Crippen molar-refractivity contribution in [2.75, 3.05) is 0 Å². The molecular formula is C15H17NO. The van der Waals surface area contributed by atoms with Crippen molar-refractivity contribution >= 4 is 16.7 Å². The first-order chi connectivity index (χ1) is 8.29. The molecule has 17 heavy (non-hydrogen) atoms. The van der Waals surface area contributed by atoms with Crippen molar-refractivity contribution in [2.24, 2.45) is 0 Å². The van der Waals surface area contributed by atoms with Crippen LogP contribution in [-0.2, 0) is 11.3 Å². The normalized spacial score (nSPS) is 20.3. The molecule has 0 aliphatic heterocycles. The zero-order valence-corrected chi connectivity index (χ0v) is 10.1. The Hall–Kier alpha value is -1.57. The first-order valence-electron chi connectivity index (χ1n) is 6.39. The maximum Gasteiger partial charge on any atom is 0.133 e. The molecule has 1 fully saturated rings. The smallest absolute Gasteiger partial charge is 0.133 e. The number of Topliss-reactive ketones (excluding diaryl/α,β-unsaturated/α-hetero) is 1. The summed E-state index contributed by atoms with van der Waals surface area (Å²) < 4.78 is 2.29. The van der Waals surface area contributed by atoms with Crippen LogP contribution in [0.15, 0.2) is 30.5 Å². The van der Waals surface area contributed by atoms with Crippen LogP contribution < -0.4 is 0 Å². The van der Waals surface area contributed by atoms with Crippen molar-refractivity contribution in [1.82, 2.24) is 4.57 Å². The van der Waals surface area contributed by atoms with Crippen molar-refractivity contribution in [3.05, 3.63) is 36.0 Å². The highest BCUT2D eigenvalue weighted by Gasteiger charge is 2.26. The van der Waals surface area contributed by atoms with Crippen LogP contribution in [0.2, 0.25) is 0 Å². The second kappa shape index (κ2) is 4.02. The summed E-state index contributed by atoms with van der Waals surface area (Å²) in [4.78, 5) is 11.4. The van der Waals surface area contributed by atoms with Crippen LogP contribution in [0.25, 0.3) is 10.9 Å². The van der Waals surface area contributed by atoms with Crippen LogP contribution >= 0.6 is 0 Å². The number of fused-ring (bicyclic) bond motifs is 1. The number of hydrogen-bond acceptors (Lipinski definition) is 1. The number of para-hydroxylation sites is 1. The number of carbonyl (C=O) groups is 1. The fourth-order valence-electron chi connectivity index (χ4n) is 2.94. The van der Waals surface area contributed by atoms with Gasteiger partial charge >= 0.3 is 0 Å². The van der Waals surface area contributed by atoms with Crippen LogP contribution in [0.3, 0.4) is 0 Å². The summed E-state index contributed by atoms with van der Waals surface area (Å²) in [6, 6.07) is 8.51. The van der Waals surface area contributed by atoms with Gasteiger partial charge in [0.1, 0.15) is 5.78 Å². The van der Waals surface area contributed by atoms with E-state index in [0.717, 1.165) is 25.8 Å². The molecule has 2 aromatic rings. The van der Waals surface area contributed by atoms with Crippen LogP contribution in [0, 0.1) is 0 Å². The van der Waals surface area contributed by atoms with Gasteiger partial charge in [0.15, 0.2) is 0 Å². The van der Waals surface area contributed by atoms with Gasteiger partial charge < -0.3 is 4.57 Å². The molecule has 88 valence electrons. The van der Waals surface area contributed by atoms with E-state index in [-0.39, 0.29) is 0 Å². The zero-order chi connectivity index (χ0) is 11.8. The standard InChI is InChI=1S/C15H17NO/c1-2-16-10-14(11-7-8-12(17)9-11)13-5-3-4-6-15(13)16/h3-6,10-11H,2,7-9H2,1H3. The van der Waals surface area contributed by atoms with Gasteiger partial charge in [0, 0.05) is 36.5 Å². The average Bonchev–Trinajstić information content (AvgIpc) is 2.92. The maximum absolute atomic E-state index is 11.4. The van der Waals surface area contributed by atoms with E-state index >= 15 is 0 Å². The molecule has 1 heterocycles. The van der Waals surface area contributed by atoms with E-state index in [1.165, 1.54) is 16.5 Å². The van der Waals surface area contributed by atoms with Gasteiger partial charge in [-0.15, -0.1) is 0 Å². The lowest BCUT2D eigenvalue weighted by Gasteiger charge is -2.05. The Morgan fingerprint density at radius 1 is 1.35 bits per heavy atom. The van der Waals surface area contributed by atoms with E-state index in [9.17, 15) is 4.79 Å². The summed E-state index contributed by atoms with van der Waals surface area (Å²) in [7, 11) is 0. The molecule has 0 spiro atoms. The van der Waals surface area contributed by atoms with Gasteiger partial charge in [-0.25, -0.2) is 0 Å². The number of nitrogens with zero attached hydrogens (tertiary/aromatic N) is 1. The minimum atomic E-state index is 0.420. The molecule has 0 saturated heterocycles. The summed E-state index contributed by atoms with van der Waals surface area (Å²) in [5.74, 6) is 0.864. The molecule has 1 aromatic carbocycles. The highest BCUT2D eigenvalue weighted by atomic mass is 16.1. The lowest BCUT2D eigenvalue weighted by atomic mass is 9.97. The van der Waals surface area contributed by atoms with E-state index in [0.29, 0.717) is 11.7 Å². The van der Waals surface area contributed by atoms with Gasteiger partial charge in [-0.2, -0.15) is 0 Å². The largest absolute Gasteiger partial charge is 0.347 e. The first kappa shape index (κ1) is 10.6. The molecule has 0 amide bonds. The topological polar surface area (TPSA) is 22.0 Å². The number of carbonyl (C=O) groups excluding carboxylic acids is 1. The summed E-state index contributed by atoms with van der Waals surface area (Å²) >= 11 is 0. The summed E-state index contributed by atoms with van der Waals surface area (Å²) in [5.41, 5.74) is 2.66. The molecular weight excluding hydrogens is 210 g/mol. The number of rotatable bonds is 2. The molecule has 1 aromatic heterocycles. The quantitative estimate of drug-likeness (QED) is 0.769. The number of aromatic nitrogens is 1. The number of benzene rings is 1. The second-order valence-corrected chi connectivity index (χ2v) is 4.87. The summed E-state index contributed by atoms with van der Waals surface area (Å²) in [6.45, 7) is 3.15. The Balaban J connectivity index is 2.13. The van der Waals surface area contributed by atoms with E-state index in [2.05, 4.69) is 42.0 Å². The Morgan fingerprint density at radius 3 is 2.88 bits per heavy atom. The van der Waals surface area contributed by atoms with Crippen LogP contribution in [0.4, 0.5) is 0 Å². The lowest BCUT2D eigenvalue weighted by molar-refractivity contribution is -0.117. The van der Waals surface area contributed by atoms with Crippen LogP contribution in [0.1, 0.15) is 37.7 Å². The number of hydrogen-bond donors (Lipinski definition) is 0. The maximum atomic E-state index is 11.4. The second-order valence-electron chi connectivity index (χ2n) is 4.87. The number of ketones is 1. The SMILES string of the molecule is CCn1cc(C2CCC(=O)C2)c2ccccc21. The molecule has 2 heteroatoms. The molecule has 1 aliphatic rings. The highest BCUT2D eigenvalue weighted by Crippen LogP contribution is 2.37. The Bertz CT molecular complexity index is 567. The minimum absolute atomic E-state index is 0.420. The third kappa shape index (κ3) is 1.68. The first-order valence-corrected chi connectivity index (χ1v) is 6.39. The third-order valence-corrected chi connectivity index (χ3v) is 3.85. The summed E-state index contributed by atoms with van der Waals surface area (Å²) in [5, 5.41) is 1.33. The van der Waals surface area contributed by atoms with E-state index in [1.54, 1.807) is 0 Å². The third-order valence-electron chi connectivity index (χ3n) is 3.85.